The van der Waals surface area contributed by atoms with E-state index >= 15 is 0 Å². The maximum absolute atomic E-state index is 13.8. The molecule has 1 amide bonds. The zero-order valence-electron chi connectivity index (χ0n) is 18.6. The predicted molar refractivity (Wildman–Crippen MR) is 123 cm³/mol. The van der Waals surface area contributed by atoms with E-state index in [1.807, 2.05) is 4.90 Å². The molecule has 8 nitrogen and oxygen atoms in total. The fourth-order valence-electron chi connectivity index (χ4n) is 5.03. The molecule has 0 radical (unpaired) electrons. The molecule has 1 fully saturated rings. The Hall–Kier alpha value is -3.60. The Morgan fingerprint density at radius 1 is 0.943 bits per heavy atom. The topological polar surface area (TPSA) is 87.9 Å². The van der Waals surface area contributed by atoms with Crippen LogP contribution in [0.4, 0.5) is 8.78 Å². The number of benzene rings is 2. The molecule has 0 spiro atoms. The first-order valence-electron chi connectivity index (χ1n) is 11.4. The van der Waals surface area contributed by atoms with Crippen molar-refractivity contribution in [2.24, 2.45) is 4.40 Å². The summed E-state index contributed by atoms with van der Waals surface area (Å²) in [5.41, 5.74) is 2.99. The van der Waals surface area contributed by atoms with Gasteiger partial charge in [-0.2, -0.15) is 13.5 Å². The molecule has 2 aliphatic heterocycles. The first-order valence-corrected chi connectivity index (χ1v) is 12.8. The standard InChI is InChI=1S/C24H21F2N5O3S/c25-18-9-8-15(14-19(18)26)31-20-6-3-5-16(20)22(27-31)24(32)30-12-10-29(11-13-30)23-17-4-1-2-7-21(17)35(33,34)28-23/h1-2,4,7-9,14H,3,5-6,10-13H2. The lowest BCUT2D eigenvalue weighted by Gasteiger charge is -2.35. The van der Waals surface area contributed by atoms with Crippen LogP contribution in [0.5, 0.6) is 0 Å². The number of piperazine rings is 1. The van der Waals surface area contributed by atoms with Gasteiger partial charge in [-0.1, -0.05) is 12.1 Å². The summed E-state index contributed by atoms with van der Waals surface area (Å²) in [5, 5.41) is 4.51. The summed E-state index contributed by atoms with van der Waals surface area (Å²) in [5.74, 6) is -1.71. The number of carbonyl (C=O) groups is 1. The number of halogens is 2. The van der Waals surface area contributed by atoms with Crippen molar-refractivity contribution in [1.82, 2.24) is 19.6 Å². The van der Waals surface area contributed by atoms with Crippen LogP contribution in [-0.4, -0.2) is 65.9 Å². The van der Waals surface area contributed by atoms with Gasteiger partial charge in [0.2, 0.25) is 0 Å². The quantitative estimate of drug-likeness (QED) is 0.543. The van der Waals surface area contributed by atoms with Gasteiger partial charge in [0.05, 0.1) is 5.69 Å². The third-order valence-corrected chi connectivity index (χ3v) is 8.08. The van der Waals surface area contributed by atoms with Crippen LogP contribution in [0.3, 0.4) is 0 Å². The van der Waals surface area contributed by atoms with Gasteiger partial charge >= 0.3 is 0 Å². The third kappa shape index (κ3) is 3.53. The molecule has 0 unspecified atom stereocenters. The van der Waals surface area contributed by atoms with Crippen LogP contribution in [0, 0.1) is 11.6 Å². The van der Waals surface area contributed by atoms with Crippen molar-refractivity contribution in [1.29, 1.82) is 0 Å². The van der Waals surface area contributed by atoms with Crippen LogP contribution >= 0.6 is 0 Å². The van der Waals surface area contributed by atoms with Gasteiger partial charge in [-0.15, -0.1) is 4.40 Å². The van der Waals surface area contributed by atoms with Crippen molar-refractivity contribution in [3.8, 4) is 5.69 Å². The molecule has 0 N–H and O–H groups in total. The van der Waals surface area contributed by atoms with Crippen LogP contribution in [0.25, 0.3) is 5.69 Å². The molecule has 0 atom stereocenters. The summed E-state index contributed by atoms with van der Waals surface area (Å²) in [6.45, 7) is 1.63. The van der Waals surface area contributed by atoms with Crippen LogP contribution in [0.15, 0.2) is 51.8 Å². The number of amidine groups is 1. The summed E-state index contributed by atoms with van der Waals surface area (Å²) in [7, 11) is -3.71. The van der Waals surface area contributed by atoms with Gasteiger partial charge in [0.15, 0.2) is 23.2 Å². The summed E-state index contributed by atoms with van der Waals surface area (Å²) in [6.07, 6.45) is 2.26. The van der Waals surface area contributed by atoms with E-state index in [2.05, 4.69) is 9.50 Å². The maximum atomic E-state index is 13.8. The summed E-state index contributed by atoms with van der Waals surface area (Å²) in [4.78, 5) is 17.2. The highest BCUT2D eigenvalue weighted by Gasteiger charge is 2.35. The van der Waals surface area contributed by atoms with E-state index in [4.69, 9.17) is 0 Å². The number of nitrogens with zero attached hydrogens (tertiary/aromatic N) is 5. The number of carbonyl (C=O) groups excluding carboxylic acids is 1. The van der Waals surface area contributed by atoms with Crippen molar-refractivity contribution < 1.29 is 22.0 Å². The molecule has 3 aliphatic rings. The summed E-state index contributed by atoms with van der Waals surface area (Å²) < 4.78 is 57.6. The molecule has 0 saturated carbocycles. The maximum Gasteiger partial charge on any atom is 0.285 e. The van der Waals surface area contributed by atoms with Crippen molar-refractivity contribution >= 4 is 21.8 Å². The first kappa shape index (κ1) is 21.9. The molecule has 1 aromatic heterocycles. The second-order valence-electron chi connectivity index (χ2n) is 8.80. The SMILES string of the molecule is O=C(c1nn(-c2ccc(F)c(F)c2)c2c1CCC2)N1CCN(C2=NS(=O)(=O)c3ccccc32)CC1. The Balaban J connectivity index is 1.23. The minimum atomic E-state index is -3.71. The number of hydrogen-bond donors (Lipinski definition) is 0. The molecular formula is C24H21F2N5O3S. The first-order chi connectivity index (χ1) is 16.8. The van der Waals surface area contributed by atoms with Crippen LogP contribution in [0.2, 0.25) is 0 Å². The van der Waals surface area contributed by atoms with E-state index in [1.54, 1.807) is 33.8 Å². The smallest absolute Gasteiger partial charge is 0.285 e. The van der Waals surface area contributed by atoms with E-state index in [0.717, 1.165) is 29.8 Å². The number of fused-ring (bicyclic) bond motifs is 2. The number of aromatic nitrogens is 2. The molecule has 6 rings (SSSR count). The van der Waals surface area contributed by atoms with Crippen molar-refractivity contribution in [2.45, 2.75) is 24.2 Å². The van der Waals surface area contributed by atoms with Gasteiger partial charge in [0.1, 0.15) is 4.90 Å². The van der Waals surface area contributed by atoms with Crippen LogP contribution < -0.4 is 0 Å². The minimum absolute atomic E-state index is 0.201. The van der Waals surface area contributed by atoms with Gasteiger partial charge in [0.25, 0.3) is 15.9 Å². The Bertz CT molecular complexity index is 1510. The number of rotatable bonds is 2. The zero-order valence-corrected chi connectivity index (χ0v) is 19.4. The lowest BCUT2D eigenvalue weighted by Crippen LogP contribution is -2.50. The number of sulfonamides is 1. The average Bonchev–Trinajstić information content (AvgIpc) is 3.54. The molecule has 0 bridgehead atoms. The van der Waals surface area contributed by atoms with Gasteiger partial charge < -0.3 is 9.80 Å². The van der Waals surface area contributed by atoms with Crippen LogP contribution in [0.1, 0.15) is 33.7 Å². The lowest BCUT2D eigenvalue weighted by molar-refractivity contribution is 0.0684. The fraction of sp³-hybridized carbons (Fsp3) is 0.292. The van der Waals surface area contributed by atoms with E-state index in [-0.39, 0.29) is 10.8 Å². The Labute approximate surface area is 200 Å². The summed E-state index contributed by atoms with van der Waals surface area (Å²) in [6, 6.07) is 10.3. The van der Waals surface area contributed by atoms with Gasteiger partial charge in [-0.05, 0) is 43.5 Å². The molecule has 35 heavy (non-hydrogen) atoms. The monoisotopic (exact) mass is 497 g/mol. The molecule has 3 aromatic rings. The van der Waals surface area contributed by atoms with Gasteiger partial charge in [-0.25, -0.2) is 13.5 Å². The minimum Gasteiger partial charge on any atom is -0.352 e. The Morgan fingerprint density at radius 2 is 1.71 bits per heavy atom. The highest BCUT2D eigenvalue weighted by Crippen LogP contribution is 2.30. The Kier molecular flexibility index (Phi) is 4.99. The number of amides is 1. The molecule has 1 aliphatic carbocycles. The third-order valence-electron chi connectivity index (χ3n) is 6.76. The van der Waals surface area contributed by atoms with Crippen molar-refractivity contribution in [3.05, 3.63) is 76.6 Å². The van der Waals surface area contributed by atoms with Crippen molar-refractivity contribution in [3.63, 3.8) is 0 Å². The van der Waals surface area contributed by atoms with E-state index in [1.165, 1.54) is 6.07 Å². The van der Waals surface area contributed by atoms with E-state index in [0.29, 0.717) is 61.8 Å². The van der Waals surface area contributed by atoms with E-state index < -0.39 is 21.7 Å². The number of hydrogen-bond acceptors (Lipinski definition) is 5. The highest BCUT2D eigenvalue weighted by atomic mass is 32.2. The fourth-order valence-corrected chi connectivity index (χ4v) is 6.25. The summed E-state index contributed by atoms with van der Waals surface area (Å²) >= 11 is 0. The molecular weight excluding hydrogens is 476 g/mol. The second kappa shape index (κ2) is 7.98. The normalized spacial score (nSPS) is 18.4. The van der Waals surface area contributed by atoms with Gasteiger partial charge in [0, 0.05) is 49.1 Å². The van der Waals surface area contributed by atoms with Crippen LogP contribution in [-0.2, 0) is 22.9 Å². The zero-order chi connectivity index (χ0) is 24.3. The molecule has 2 aromatic carbocycles. The lowest BCUT2D eigenvalue weighted by atomic mass is 10.1. The van der Waals surface area contributed by atoms with Gasteiger partial charge in [-0.3, -0.25) is 4.79 Å². The van der Waals surface area contributed by atoms with Crippen molar-refractivity contribution in [2.75, 3.05) is 26.2 Å². The molecule has 3 heterocycles. The highest BCUT2D eigenvalue weighted by molar-refractivity contribution is 7.90. The molecule has 11 heteroatoms. The second-order valence-corrected chi connectivity index (χ2v) is 10.4. The molecule has 180 valence electrons. The molecule has 1 saturated heterocycles. The average molecular weight is 498 g/mol. The largest absolute Gasteiger partial charge is 0.352 e. The predicted octanol–water partition coefficient (Wildman–Crippen LogP) is 2.55. The Morgan fingerprint density at radius 3 is 2.49 bits per heavy atom. The van der Waals surface area contributed by atoms with E-state index in [9.17, 15) is 22.0 Å².